The molecule has 2 aliphatic rings. The number of rotatable bonds is 4. The van der Waals surface area contributed by atoms with Gasteiger partial charge in [0.15, 0.2) is 5.76 Å². The number of amides is 1. The van der Waals surface area contributed by atoms with E-state index in [0.29, 0.717) is 42.9 Å². The maximum atomic E-state index is 13.1. The molecule has 0 bridgehead atoms. The third-order valence-electron chi connectivity index (χ3n) is 5.79. The van der Waals surface area contributed by atoms with Crippen molar-refractivity contribution in [1.29, 1.82) is 0 Å². The first-order valence-corrected chi connectivity index (χ1v) is 13.5. The lowest BCUT2D eigenvalue weighted by atomic mass is 10.1. The molecule has 0 N–H and O–H groups in total. The number of hydrogen-bond acceptors (Lipinski definition) is 7. The zero-order valence-electron chi connectivity index (χ0n) is 18.0. The summed E-state index contributed by atoms with van der Waals surface area (Å²) in [6.45, 7) is 4.61. The Bertz CT molecular complexity index is 1220. The van der Waals surface area contributed by atoms with Gasteiger partial charge >= 0.3 is 0 Å². The molecule has 0 aliphatic carbocycles. The van der Waals surface area contributed by atoms with Crippen LogP contribution in [-0.4, -0.2) is 75.6 Å². The molecule has 1 aromatic carbocycles. The van der Waals surface area contributed by atoms with Gasteiger partial charge in [-0.25, -0.2) is 16.8 Å². The van der Waals surface area contributed by atoms with Crippen molar-refractivity contribution in [2.75, 3.05) is 42.8 Å². The topological polar surface area (TPSA) is 121 Å². The molecule has 3 heterocycles. The minimum Gasteiger partial charge on any atom is -0.360 e. The number of hydrogen-bond donors (Lipinski definition) is 0. The molecular weight excluding hydrogens is 456 g/mol. The van der Waals surface area contributed by atoms with E-state index in [9.17, 15) is 21.6 Å². The Morgan fingerprint density at radius 1 is 1.06 bits per heavy atom. The Balaban J connectivity index is 1.51. The molecule has 2 fully saturated rings. The van der Waals surface area contributed by atoms with Crippen molar-refractivity contribution in [1.82, 2.24) is 14.4 Å². The van der Waals surface area contributed by atoms with Gasteiger partial charge in [-0.1, -0.05) is 11.2 Å². The van der Waals surface area contributed by atoms with Gasteiger partial charge < -0.3 is 9.42 Å². The maximum Gasteiger partial charge on any atom is 0.253 e. The summed E-state index contributed by atoms with van der Waals surface area (Å²) in [7, 11) is -7.13. The summed E-state index contributed by atoms with van der Waals surface area (Å²) in [6.07, 6.45) is 1.04. The molecule has 0 saturated carbocycles. The first-order valence-electron chi connectivity index (χ1n) is 10.4. The van der Waals surface area contributed by atoms with Gasteiger partial charge in [-0.2, -0.15) is 4.31 Å². The predicted molar refractivity (Wildman–Crippen MR) is 117 cm³/mol. The Kier molecular flexibility index (Phi) is 6.03. The van der Waals surface area contributed by atoms with E-state index >= 15 is 0 Å². The summed E-state index contributed by atoms with van der Waals surface area (Å²) in [4.78, 5) is 14.8. The number of aryl methyl sites for hydroxylation is 2. The van der Waals surface area contributed by atoms with Crippen molar-refractivity contribution < 1.29 is 26.2 Å². The summed E-state index contributed by atoms with van der Waals surface area (Å²) in [6, 6.07) is 6.59. The molecule has 1 amide bonds. The Morgan fingerprint density at radius 3 is 2.50 bits per heavy atom. The van der Waals surface area contributed by atoms with Crippen LogP contribution < -0.4 is 4.31 Å². The minimum atomic E-state index is -3.78. The van der Waals surface area contributed by atoms with Gasteiger partial charge in [0.2, 0.25) is 20.0 Å². The second-order valence-corrected chi connectivity index (χ2v) is 11.9. The highest BCUT2D eigenvalue weighted by Crippen LogP contribution is 2.27. The van der Waals surface area contributed by atoms with Crippen molar-refractivity contribution in [3.05, 3.63) is 41.3 Å². The van der Waals surface area contributed by atoms with Crippen LogP contribution in [0.5, 0.6) is 0 Å². The van der Waals surface area contributed by atoms with Crippen LogP contribution in [0.2, 0.25) is 0 Å². The minimum absolute atomic E-state index is 0.0804. The van der Waals surface area contributed by atoms with Gasteiger partial charge in [0.1, 0.15) is 10.6 Å². The lowest BCUT2D eigenvalue weighted by Gasteiger charge is -2.23. The highest BCUT2D eigenvalue weighted by molar-refractivity contribution is 7.93. The average Bonchev–Trinajstić information content (AvgIpc) is 3.16. The molecular formula is C20H26N4O6S2. The van der Waals surface area contributed by atoms with E-state index < -0.39 is 20.0 Å². The van der Waals surface area contributed by atoms with Crippen molar-refractivity contribution in [3.63, 3.8) is 0 Å². The second-order valence-electron chi connectivity index (χ2n) is 8.00. The van der Waals surface area contributed by atoms with E-state index in [1.807, 2.05) is 0 Å². The fourth-order valence-corrected chi connectivity index (χ4v) is 7.53. The van der Waals surface area contributed by atoms with Gasteiger partial charge in [0.25, 0.3) is 5.91 Å². The second kappa shape index (κ2) is 8.49. The van der Waals surface area contributed by atoms with E-state index in [0.717, 1.165) is 0 Å². The largest absolute Gasteiger partial charge is 0.360 e. The number of nitrogens with zero attached hydrogens (tertiary/aromatic N) is 4. The van der Waals surface area contributed by atoms with Crippen LogP contribution in [0.25, 0.3) is 0 Å². The van der Waals surface area contributed by atoms with E-state index in [1.54, 1.807) is 43.0 Å². The van der Waals surface area contributed by atoms with Crippen LogP contribution in [-0.2, 0) is 20.0 Å². The molecule has 0 spiro atoms. The molecule has 1 aromatic heterocycles. The van der Waals surface area contributed by atoms with Crippen LogP contribution in [0.1, 0.15) is 34.7 Å². The number of carbonyl (C=O) groups excluding carboxylic acids is 1. The highest BCUT2D eigenvalue weighted by atomic mass is 32.2. The lowest BCUT2D eigenvalue weighted by molar-refractivity contribution is 0.0764. The third-order valence-corrected chi connectivity index (χ3v) is 9.80. The Labute approximate surface area is 187 Å². The van der Waals surface area contributed by atoms with Crippen molar-refractivity contribution >= 4 is 31.6 Å². The fraction of sp³-hybridized carbons (Fsp3) is 0.500. The zero-order valence-corrected chi connectivity index (χ0v) is 19.7. The molecule has 10 nitrogen and oxygen atoms in total. The number of sulfonamides is 2. The van der Waals surface area contributed by atoms with Crippen molar-refractivity contribution in [3.8, 4) is 0 Å². The predicted octanol–water partition coefficient (Wildman–Crippen LogP) is 1.37. The van der Waals surface area contributed by atoms with Crippen LogP contribution in [0, 0.1) is 13.8 Å². The van der Waals surface area contributed by atoms with Gasteiger partial charge in [-0.05, 0) is 44.9 Å². The smallest absolute Gasteiger partial charge is 0.253 e. The standard InChI is InChI=1S/C20H26N4O6S2/c1-15-19(16(2)30-21-15)32(28,29)23-9-4-8-22(11-12-23)20(25)17-6-3-7-18(14-17)24-10-5-13-31(24,26)27/h3,6-7,14H,4-5,8-13H2,1-2H3. The van der Waals surface area contributed by atoms with Crippen LogP contribution in [0.3, 0.4) is 0 Å². The Hall–Kier alpha value is -2.44. The summed E-state index contributed by atoms with van der Waals surface area (Å²) in [5.74, 6) is 0.0978. The van der Waals surface area contributed by atoms with Gasteiger partial charge in [0.05, 0.1) is 11.4 Å². The summed E-state index contributed by atoms with van der Waals surface area (Å²) in [5.41, 5.74) is 1.17. The van der Waals surface area contributed by atoms with Crippen molar-refractivity contribution in [2.45, 2.75) is 31.6 Å². The van der Waals surface area contributed by atoms with Gasteiger partial charge in [-0.3, -0.25) is 9.10 Å². The number of benzene rings is 1. The third kappa shape index (κ3) is 4.14. The molecule has 0 unspecified atom stereocenters. The van der Waals surface area contributed by atoms with E-state index in [1.165, 1.54) is 8.61 Å². The summed E-state index contributed by atoms with van der Waals surface area (Å²) in [5, 5.41) is 3.74. The number of carbonyl (C=O) groups is 1. The summed E-state index contributed by atoms with van der Waals surface area (Å²) < 4.78 is 58.4. The molecule has 174 valence electrons. The number of aromatic nitrogens is 1. The number of anilines is 1. The lowest BCUT2D eigenvalue weighted by Crippen LogP contribution is -2.37. The van der Waals surface area contributed by atoms with Crippen LogP contribution in [0.15, 0.2) is 33.7 Å². The summed E-state index contributed by atoms with van der Waals surface area (Å²) >= 11 is 0. The van der Waals surface area contributed by atoms with Gasteiger partial charge in [0, 0.05) is 38.3 Å². The molecule has 2 aliphatic heterocycles. The first kappa shape index (κ1) is 22.7. The first-order chi connectivity index (χ1) is 15.1. The Morgan fingerprint density at radius 2 is 1.84 bits per heavy atom. The quantitative estimate of drug-likeness (QED) is 0.645. The maximum absolute atomic E-state index is 13.1. The van der Waals surface area contributed by atoms with E-state index in [4.69, 9.17) is 4.52 Å². The SMILES string of the molecule is Cc1noc(C)c1S(=O)(=O)N1CCCN(C(=O)c2cccc(N3CCCS3(=O)=O)c2)CC1. The normalized spacial score (nSPS) is 19.8. The molecule has 2 aromatic rings. The molecule has 0 atom stereocenters. The molecule has 32 heavy (non-hydrogen) atoms. The molecule has 12 heteroatoms. The average molecular weight is 483 g/mol. The van der Waals surface area contributed by atoms with Crippen LogP contribution >= 0.6 is 0 Å². The fourth-order valence-electron chi connectivity index (χ4n) is 4.22. The van der Waals surface area contributed by atoms with E-state index in [-0.39, 0.29) is 42.0 Å². The zero-order chi connectivity index (χ0) is 23.1. The highest BCUT2D eigenvalue weighted by Gasteiger charge is 2.33. The molecule has 4 rings (SSSR count). The molecule has 2 saturated heterocycles. The van der Waals surface area contributed by atoms with Gasteiger partial charge in [-0.15, -0.1) is 0 Å². The molecule has 0 radical (unpaired) electrons. The van der Waals surface area contributed by atoms with Crippen LogP contribution in [0.4, 0.5) is 5.69 Å². The monoisotopic (exact) mass is 482 g/mol. The van der Waals surface area contributed by atoms with E-state index in [2.05, 4.69) is 5.16 Å². The van der Waals surface area contributed by atoms with Crippen molar-refractivity contribution in [2.24, 2.45) is 0 Å².